The molecule has 18 heavy (non-hydrogen) atoms. The molecule has 1 unspecified atom stereocenters. The highest BCUT2D eigenvalue weighted by atomic mass is 35.5. The molecule has 1 aromatic carbocycles. The average Bonchev–Trinajstić information content (AvgIpc) is 2.73. The second kappa shape index (κ2) is 6.55. The lowest BCUT2D eigenvalue weighted by Crippen LogP contribution is -2.35. The Morgan fingerprint density at radius 2 is 1.83 bits per heavy atom. The summed E-state index contributed by atoms with van der Waals surface area (Å²) < 4.78 is 0. The van der Waals surface area contributed by atoms with Crippen LogP contribution in [-0.2, 0) is 6.54 Å². The van der Waals surface area contributed by atoms with Crippen molar-refractivity contribution < 1.29 is 0 Å². The zero-order valence-corrected chi connectivity index (χ0v) is 12.5. The molecule has 0 aromatic heterocycles. The number of nitrogens with zero attached hydrogens (tertiary/aromatic N) is 1. The number of hydrogen-bond acceptors (Lipinski definition) is 2. The molecular weight excluding hydrogens is 244 g/mol. The van der Waals surface area contributed by atoms with Crippen molar-refractivity contribution in [1.29, 1.82) is 0 Å². The molecule has 1 saturated heterocycles. The minimum absolute atomic E-state index is 0. The Kier molecular flexibility index (Phi) is 5.64. The van der Waals surface area contributed by atoms with Crippen molar-refractivity contribution in [2.75, 3.05) is 13.1 Å². The van der Waals surface area contributed by atoms with Gasteiger partial charge in [0.05, 0.1) is 0 Å². The lowest BCUT2D eigenvalue weighted by Gasteiger charge is -2.24. The molecule has 0 spiro atoms. The van der Waals surface area contributed by atoms with E-state index in [9.17, 15) is 0 Å². The fourth-order valence-electron chi connectivity index (χ4n) is 2.78. The monoisotopic (exact) mass is 268 g/mol. The maximum Gasteiger partial charge on any atom is 0.0239 e. The molecular formula is C15H25ClN2. The molecule has 1 aliphatic heterocycles. The van der Waals surface area contributed by atoms with Gasteiger partial charge in [0, 0.05) is 19.1 Å². The van der Waals surface area contributed by atoms with Gasteiger partial charge in [0.2, 0.25) is 0 Å². The Morgan fingerprint density at radius 3 is 2.50 bits per heavy atom. The van der Waals surface area contributed by atoms with Crippen molar-refractivity contribution in [3.8, 4) is 0 Å². The van der Waals surface area contributed by atoms with Crippen LogP contribution in [0.15, 0.2) is 12.1 Å². The third-order valence-electron chi connectivity index (χ3n) is 4.10. The van der Waals surface area contributed by atoms with E-state index >= 15 is 0 Å². The van der Waals surface area contributed by atoms with Gasteiger partial charge in [-0.05, 0) is 62.4 Å². The molecule has 1 fully saturated rings. The molecule has 1 atom stereocenters. The molecule has 3 heteroatoms. The Bertz CT molecular complexity index is 404. The summed E-state index contributed by atoms with van der Waals surface area (Å²) in [5.41, 5.74) is 11.5. The Morgan fingerprint density at radius 1 is 1.17 bits per heavy atom. The Balaban J connectivity index is 0.00000162. The molecule has 1 aliphatic rings. The first-order valence-corrected chi connectivity index (χ1v) is 6.62. The largest absolute Gasteiger partial charge is 0.329 e. The summed E-state index contributed by atoms with van der Waals surface area (Å²) in [4.78, 5) is 2.54. The number of aryl methyl sites for hydroxylation is 3. The smallest absolute Gasteiger partial charge is 0.0239 e. The quantitative estimate of drug-likeness (QED) is 0.913. The van der Waals surface area contributed by atoms with Crippen LogP contribution in [0, 0.1) is 20.8 Å². The van der Waals surface area contributed by atoms with Crippen molar-refractivity contribution in [3.63, 3.8) is 0 Å². The van der Waals surface area contributed by atoms with Crippen LogP contribution in [0.25, 0.3) is 0 Å². The highest BCUT2D eigenvalue weighted by molar-refractivity contribution is 5.85. The van der Waals surface area contributed by atoms with Gasteiger partial charge < -0.3 is 5.73 Å². The second-order valence-electron chi connectivity index (χ2n) is 5.37. The number of hydrogen-bond donors (Lipinski definition) is 1. The number of halogens is 1. The zero-order chi connectivity index (χ0) is 12.4. The van der Waals surface area contributed by atoms with Gasteiger partial charge in [-0.3, -0.25) is 4.90 Å². The summed E-state index contributed by atoms with van der Waals surface area (Å²) in [6.45, 7) is 9.66. The van der Waals surface area contributed by atoms with Gasteiger partial charge in [-0.25, -0.2) is 0 Å². The van der Waals surface area contributed by atoms with Crippen molar-refractivity contribution >= 4 is 12.4 Å². The van der Waals surface area contributed by atoms with Gasteiger partial charge >= 0.3 is 0 Å². The van der Waals surface area contributed by atoms with E-state index in [2.05, 4.69) is 37.8 Å². The van der Waals surface area contributed by atoms with Gasteiger partial charge in [-0.2, -0.15) is 0 Å². The first kappa shape index (κ1) is 15.5. The second-order valence-corrected chi connectivity index (χ2v) is 5.37. The number of rotatable bonds is 3. The highest BCUT2D eigenvalue weighted by Crippen LogP contribution is 2.22. The van der Waals surface area contributed by atoms with Gasteiger partial charge in [0.25, 0.3) is 0 Å². The van der Waals surface area contributed by atoms with E-state index in [0.29, 0.717) is 6.04 Å². The van der Waals surface area contributed by atoms with Gasteiger partial charge in [-0.1, -0.05) is 12.1 Å². The molecule has 1 aromatic rings. The average molecular weight is 269 g/mol. The molecule has 0 bridgehead atoms. The van der Waals surface area contributed by atoms with Crippen LogP contribution in [0.1, 0.15) is 35.1 Å². The minimum Gasteiger partial charge on any atom is -0.329 e. The fraction of sp³-hybridized carbons (Fsp3) is 0.600. The molecule has 0 amide bonds. The molecule has 1 heterocycles. The maximum atomic E-state index is 5.83. The van der Waals surface area contributed by atoms with Gasteiger partial charge in [0.1, 0.15) is 0 Å². The molecule has 2 rings (SSSR count). The first-order valence-electron chi connectivity index (χ1n) is 6.62. The highest BCUT2D eigenvalue weighted by Gasteiger charge is 2.23. The summed E-state index contributed by atoms with van der Waals surface area (Å²) in [6, 6.07) is 5.24. The summed E-state index contributed by atoms with van der Waals surface area (Å²) in [7, 11) is 0. The zero-order valence-electron chi connectivity index (χ0n) is 11.7. The molecule has 2 N–H and O–H groups in total. The summed E-state index contributed by atoms with van der Waals surface area (Å²) >= 11 is 0. The van der Waals surface area contributed by atoms with Crippen molar-refractivity contribution in [1.82, 2.24) is 4.90 Å². The Hall–Kier alpha value is -0.570. The topological polar surface area (TPSA) is 29.3 Å². The SMILES string of the molecule is Cc1cc(C)c(CN2CCCC2CN)cc1C.Cl. The van der Waals surface area contributed by atoms with E-state index in [1.54, 1.807) is 0 Å². The van der Waals surface area contributed by atoms with Crippen LogP contribution in [0.2, 0.25) is 0 Å². The van der Waals surface area contributed by atoms with Crippen LogP contribution in [0.3, 0.4) is 0 Å². The van der Waals surface area contributed by atoms with Crippen molar-refractivity contribution in [2.45, 2.75) is 46.2 Å². The predicted octanol–water partition coefficient (Wildman–Crippen LogP) is 2.96. The van der Waals surface area contributed by atoms with Crippen LogP contribution in [-0.4, -0.2) is 24.0 Å². The van der Waals surface area contributed by atoms with E-state index in [1.807, 2.05) is 0 Å². The number of likely N-dealkylation sites (tertiary alicyclic amines) is 1. The van der Waals surface area contributed by atoms with E-state index in [1.165, 1.54) is 41.6 Å². The third kappa shape index (κ3) is 3.25. The van der Waals surface area contributed by atoms with Crippen molar-refractivity contribution in [3.05, 3.63) is 34.4 Å². The van der Waals surface area contributed by atoms with Crippen LogP contribution >= 0.6 is 12.4 Å². The molecule has 2 nitrogen and oxygen atoms in total. The lowest BCUT2D eigenvalue weighted by molar-refractivity contribution is 0.250. The number of nitrogens with two attached hydrogens (primary N) is 1. The normalized spacial score (nSPS) is 19.9. The van der Waals surface area contributed by atoms with E-state index < -0.39 is 0 Å². The molecule has 102 valence electrons. The molecule has 0 saturated carbocycles. The fourth-order valence-corrected chi connectivity index (χ4v) is 2.78. The van der Waals surface area contributed by atoms with Crippen LogP contribution in [0.5, 0.6) is 0 Å². The molecule has 0 aliphatic carbocycles. The van der Waals surface area contributed by atoms with E-state index in [-0.39, 0.29) is 12.4 Å². The van der Waals surface area contributed by atoms with Crippen LogP contribution < -0.4 is 5.73 Å². The third-order valence-corrected chi connectivity index (χ3v) is 4.10. The lowest BCUT2D eigenvalue weighted by atomic mass is 10.0. The first-order chi connectivity index (χ1) is 8.11. The maximum absolute atomic E-state index is 5.83. The predicted molar refractivity (Wildman–Crippen MR) is 80.4 cm³/mol. The van der Waals surface area contributed by atoms with Gasteiger partial charge in [-0.15, -0.1) is 12.4 Å². The van der Waals surface area contributed by atoms with E-state index in [0.717, 1.165) is 13.1 Å². The van der Waals surface area contributed by atoms with E-state index in [4.69, 9.17) is 5.73 Å². The summed E-state index contributed by atoms with van der Waals surface area (Å²) in [6.07, 6.45) is 2.56. The summed E-state index contributed by atoms with van der Waals surface area (Å²) in [5.74, 6) is 0. The standard InChI is InChI=1S/C15H24N2.ClH/c1-11-7-13(3)14(8-12(11)2)10-17-6-4-5-15(17)9-16;/h7-8,15H,4-6,9-10,16H2,1-3H3;1H. The Labute approximate surface area is 117 Å². The molecule has 0 radical (unpaired) electrons. The summed E-state index contributed by atoms with van der Waals surface area (Å²) in [5, 5.41) is 0. The minimum atomic E-state index is 0. The number of benzene rings is 1. The van der Waals surface area contributed by atoms with Gasteiger partial charge in [0.15, 0.2) is 0 Å². The van der Waals surface area contributed by atoms with Crippen LogP contribution in [0.4, 0.5) is 0 Å². The van der Waals surface area contributed by atoms with Crippen molar-refractivity contribution in [2.24, 2.45) is 5.73 Å².